The van der Waals surface area contributed by atoms with Crippen molar-refractivity contribution >= 4 is 41.8 Å². The molecule has 1 aromatic rings. The second-order valence-corrected chi connectivity index (χ2v) is 6.32. The SMILES string of the molecule is CCNC(=NCc1cccc(C(=O)NC(C)CC)c1)NCC(=O)N(C)C.I. The molecule has 0 aliphatic rings. The van der Waals surface area contributed by atoms with Gasteiger partial charge >= 0.3 is 0 Å². The summed E-state index contributed by atoms with van der Waals surface area (Å²) in [6, 6.07) is 7.56. The van der Waals surface area contributed by atoms with Gasteiger partial charge in [0.15, 0.2) is 5.96 Å². The zero-order chi connectivity index (χ0) is 19.5. The van der Waals surface area contributed by atoms with E-state index in [1.165, 1.54) is 4.90 Å². The van der Waals surface area contributed by atoms with Gasteiger partial charge in [0, 0.05) is 32.2 Å². The van der Waals surface area contributed by atoms with Crippen molar-refractivity contribution in [1.29, 1.82) is 0 Å². The molecule has 152 valence electrons. The lowest BCUT2D eigenvalue weighted by molar-refractivity contribution is -0.127. The number of hydrogen-bond acceptors (Lipinski definition) is 3. The molecule has 7 nitrogen and oxygen atoms in total. The van der Waals surface area contributed by atoms with Crippen molar-refractivity contribution in [3.63, 3.8) is 0 Å². The lowest BCUT2D eigenvalue weighted by Crippen LogP contribution is -2.42. The number of aliphatic imine (C=N–C) groups is 1. The van der Waals surface area contributed by atoms with E-state index in [0.717, 1.165) is 12.0 Å². The van der Waals surface area contributed by atoms with Crippen molar-refractivity contribution in [2.24, 2.45) is 4.99 Å². The molecular weight excluding hydrogens is 457 g/mol. The first kappa shape index (κ1) is 25.2. The van der Waals surface area contributed by atoms with Crippen molar-refractivity contribution in [2.45, 2.75) is 39.8 Å². The molecule has 8 heteroatoms. The van der Waals surface area contributed by atoms with Gasteiger partial charge in [0.25, 0.3) is 5.91 Å². The van der Waals surface area contributed by atoms with Gasteiger partial charge in [-0.3, -0.25) is 9.59 Å². The fourth-order valence-electron chi connectivity index (χ4n) is 2.05. The van der Waals surface area contributed by atoms with Crippen LogP contribution in [-0.2, 0) is 11.3 Å². The van der Waals surface area contributed by atoms with Crippen LogP contribution in [0.15, 0.2) is 29.3 Å². The number of likely N-dealkylation sites (N-methyl/N-ethyl adjacent to an activating group) is 1. The Labute approximate surface area is 179 Å². The summed E-state index contributed by atoms with van der Waals surface area (Å²) in [5.41, 5.74) is 1.55. The van der Waals surface area contributed by atoms with Crippen molar-refractivity contribution < 1.29 is 9.59 Å². The minimum absolute atomic E-state index is 0. The van der Waals surface area contributed by atoms with Crippen molar-refractivity contribution in [3.05, 3.63) is 35.4 Å². The third-order valence-electron chi connectivity index (χ3n) is 3.85. The number of carbonyl (C=O) groups excluding carboxylic acids is 2. The average Bonchev–Trinajstić information content (AvgIpc) is 2.63. The first-order valence-electron chi connectivity index (χ1n) is 8.99. The maximum atomic E-state index is 12.2. The Morgan fingerprint density at radius 1 is 1.19 bits per heavy atom. The van der Waals surface area contributed by atoms with Crippen molar-refractivity contribution in [1.82, 2.24) is 20.9 Å². The number of benzene rings is 1. The summed E-state index contributed by atoms with van der Waals surface area (Å²) >= 11 is 0. The first-order valence-corrected chi connectivity index (χ1v) is 8.99. The number of nitrogens with one attached hydrogen (secondary N) is 3. The van der Waals surface area contributed by atoms with Gasteiger partial charge in [-0.2, -0.15) is 0 Å². The average molecular weight is 489 g/mol. The zero-order valence-corrected chi connectivity index (χ0v) is 19.2. The minimum Gasteiger partial charge on any atom is -0.357 e. The second-order valence-electron chi connectivity index (χ2n) is 6.32. The highest BCUT2D eigenvalue weighted by Crippen LogP contribution is 2.07. The van der Waals surface area contributed by atoms with E-state index in [4.69, 9.17) is 0 Å². The predicted octanol–water partition coefficient (Wildman–Crippen LogP) is 1.98. The van der Waals surface area contributed by atoms with E-state index in [9.17, 15) is 9.59 Å². The van der Waals surface area contributed by atoms with Crippen LogP contribution >= 0.6 is 24.0 Å². The highest BCUT2D eigenvalue weighted by Gasteiger charge is 2.09. The number of hydrogen-bond donors (Lipinski definition) is 3. The second kappa shape index (κ2) is 13.3. The maximum Gasteiger partial charge on any atom is 0.251 e. The molecule has 0 aliphatic carbocycles. The number of amides is 2. The molecule has 1 atom stereocenters. The lowest BCUT2D eigenvalue weighted by atomic mass is 10.1. The smallest absolute Gasteiger partial charge is 0.251 e. The van der Waals surface area contributed by atoms with Gasteiger partial charge in [-0.15, -0.1) is 24.0 Å². The topological polar surface area (TPSA) is 85.8 Å². The summed E-state index contributed by atoms with van der Waals surface area (Å²) in [7, 11) is 3.42. The van der Waals surface area contributed by atoms with E-state index in [2.05, 4.69) is 20.9 Å². The van der Waals surface area contributed by atoms with Gasteiger partial charge < -0.3 is 20.9 Å². The molecule has 0 aliphatic heterocycles. The van der Waals surface area contributed by atoms with Gasteiger partial charge in [0.05, 0.1) is 13.1 Å². The van der Waals surface area contributed by atoms with E-state index in [0.29, 0.717) is 24.6 Å². The highest BCUT2D eigenvalue weighted by molar-refractivity contribution is 14.0. The Morgan fingerprint density at radius 3 is 2.48 bits per heavy atom. The summed E-state index contributed by atoms with van der Waals surface area (Å²) in [6.45, 7) is 7.26. The van der Waals surface area contributed by atoms with E-state index in [1.54, 1.807) is 20.2 Å². The number of halogens is 1. The molecule has 3 N–H and O–H groups in total. The molecule has 2 amide bonds. The third kappa shape index (κ3) is 9.60. The lowest BCUT2D eigenvalue weighted by Gasteiger charge is -2.14. The number of nitrogens with zero attached hydrogens (tertiary/aromatic N) is 2. The molecular formula is C19H32IN5O2. The van der Waals surface area contributed by atoms with Crippen LogP contribution in [0.3, 0.4) is 0 Å². The van der Waals surface area contributed by atoms with Crippen LogP contribution in [0.2, 0.25) is 0 Å². The predicted molar refractivity (Wildman–Crippen MR) is 121 cm³/mol. The molecule has 1 rings (SSSR count). The van der Waals surface area contributed by atoms with Gasteiger partial charge in [0.1, 0.15) is 0 Å². The molecule has 0 fully saturated rings. The minimum atomic E-state index is -0.0770. The molecule has 0 spiro atoms. The number of carbonyl (C=O) groups is 2. The Bertz CT molecular complexity index is 634. The van der Waals surface area contributed by atoms with Crippen LogP contribution in [0, 0.1) is 0 Å². The zero-order valence-electron chi connectivity index (χ0n) is 16.8. The van der Waals surface area contributed by atoms with Crippen LogP contribution in [0.5, 0.6) is 0 Å². The summed E-state index contributed by atoms with van der Waals surface area (Å²) < 4.78 is 0. The quantitative estimate of drug-likeness (QED) is 0.296. The Morgan fingerprint density at radius 2 is 1.89 bits per heavy atom. The Kier molecular flexibility index (Phi) is 12.4. The van der Waals surface area contributed by atoms with Gasteiger partial charge in [0.2, 0.25) is 5.91 Å². The third-order valence-corrected chi connectivity index (χ3v) is 3.85. The van der Waals surface area contributed by atoms with Crippen LogP contribution in [0.1, 0.15) is 43.1 Å². The molecule has 1 aromatic carbocycles. The molecule has 0 bridgehead atoms. The molecule has 0 aromatic heterocycles. The summed E-state index contributed by atoms with van der Waals surface area (Å²) in [4.78, 5) is 29.9. The number of guanidine groups is 1. The monoisotopic (exact) mass is 489 g/mol. The van der Waals surface area contributed by atoms with E-state index < -0.39 is 0 Å². The maximum absolute atomic E-state index is 12.2. The first-order chi connectivity index (χ1) is 12.4. The van der Waals surface area contributed by atoms with E-state index in [1.807, 2.05) is 39.0 Å². The normalized spacial score (nSPS) is 11.8. The summed E-state index contributed by atoms with van der Waals surface area (Å²) in [5.74, 6) is 0.461. The number of rotatable bonds is 8. The van der Waals surface area contributed by atoms with E-state index in [-0.39, 0.29) is 48.4 Å². The molecule has 27 heavy (non-hydrogen) atoms. The van der Waals surface area contributed by atoms with Crippen molar-refractivity contribution in [2.75, 3.05) is 27.2 Å². The summed E-state index contributed by atoms with van der Waals surface area (Å²) in [5, 5.41) is 9.08. The standard InChI is InChI=1S/C19H31N5O2.HI/c1-6-14(3)23-18(26)16-10-8-9-15(11-16)12-21-19(20-7-2)22-13-17(25)24(4)5;/h8-11,14H,6-7,12-13H2,1-5H3,(H,23,26)(H2,20,21,22);1H. The van der Waals surface area contributed by atoms with Gasteiger partial charge in [-0.05, 0) is 38.0 Å². The van der Waals surface area contributed by atoms with Crippen molar-refractivity contribution in [3.8, 4) is 0 Å². The molecule has 0 saturated carbocycles. The Balaban J connectivity index is 0.00000676. The van der Waals surface area contributed by atoms with Crippen LogP contribution in [-0.4, -0.2) is 55.9 Å². The molecule has 0 saturated heterocycles. The Hall–Kier alpha value is -1.84. The molecule has 0 radical (unpaired) electrons. The van der Waals surface area contributed by atoms with Gasteiger partial charge in [-0.25, -0.2) is 4.99 Å². The summed E-state index contributed by atoms with van der Waals surface area (Å²) in [6.07, 6.45) is 0.888. The highest BCUT2D eigenvalue weighted by atomic mass is 127. The van der Waals surface area contributed by atoms with Crippen LogP contribution in [0.25, 0.3) is 0 Å². The van der Waals surface area contributed by atoms with E-state index >= 15 is 0 Å². The largest absolute Gasteiger partial charge is 0.357 e. The van der Waals surface area contributed by atoms with Gasteiger partial charge in [-0.1, -0.05) is 19.1 Å². The molecule has 1 unspecified atom stereocenters. The fraction of sp³-hybridized carbons (Fsp3) is 0.526. The van der Waals surface area contributed by atoms with Crippen LogP contribution in [0.4, 0.5) is 0 Å². The molecule has 0 heterocycles. The van der Waals surface area contributed by atoms with Crippen LogP contribution < -0.4 is 16.0 Å². The fourth-order valence-corrected chi connectivity index (χ4v) is 2.05.